The molecule has 0 spiro atoms. The summed E-state index contributed by atoms with van der Waals surface area (Å²) in [5.74, 6) is -0.274. The van der Waals surface area contributed by atoms with Gasteiger partial charge in [0, 0.05) is 26.7 Å². The summed E-state index contributed by atoms with van der Waals surface area (Å²) >= 11 is 0. The third kappa shape index (κ3) is 4.50. The number of hydrogen-bond acceptors (Lipinski definition) is 4. The lowest BCUT2D eigenvalue weighted by atomic mass is 10.1. The van der Waals surface area contributed by atoms with E-state index in [9.17, 15) is 9.18 Å². The van der Waals surface area contributed by atoms with Gasteiger partial charge >= 0.3 is 0 Å². The largest absolute Gasteiger partial charge is 0.371 e. The summed E-state index contributed by atoms with van der Waals surface area (Å²) in [5, 5.41) is 8.62. The first-order chi connectivity index (χ1) is 11.0. The van der Waals surface area contributed by atoms with Crippen LogP contribution in [0.25, 0.3) is 0 Å². The van der Waals surface area contributed by atoms with E-state index in [0.29, 0.717) is 32.7 Å². The summed E-state index contributed by atoms with van der Waals surface area (Å²) < 4.78 is 18.8. The monoisotopic (exact) mass is 319 g/mol. The molecule has 0 radical (unpaired) electrons. The molecule has 0 aromatic heterocycles. The predicted molar refractivity (Wildman–Crippen MR) is 84.0 cm³/mol. The molecule has 1 fully saturated rings. The van der Waals surface area contributed by atoms with Crippen LogP contribution in [-0.2, 0) is 9.53 Å². The van der Waals surface area contributed by atoms with Gasteiger partial charge in [-0.05, 0) is 24.6 Å². The second-order valence-electron chi connectivity index (χ2n) is 5.75. The normalized spacial score (nSPS) is 19.8. The summed E-state index contributed by atoms with van der Waals surface area (Å²) in [4.78, 5) is 16.1. The first-order valence-electron chi connectivity index (χ1n) is 7.76. The van der Waals surface area contributed by atoms with Crippen LogP contribution < -0.4 is 0 Å². The molecule has 23 heavy (non-hydrogen) atoms. The average molecular weight is 319 g/mol. The number of ether oxygens (including phenoxy) is 1. The summed E-state index contributed by atoms with van der Waals surface area (Å²) in [6, 6.07) is 8.05. The molecule has 1 aromatic carbocycles. The van der Waals surface area contributed by atoms with Crippen LogP contribution in [0.3, 0.4) is 0 Å². The first-order valence-corrected chi connectivity index (χ1v) is 7.76. The number of amides is 1. The molecule has 1 aliphatic heterocycles. The minimum atomic E-state index is -0.274. The lowest BCUT2D eigenvalue weighted by Gasteiger charge is -2.37. The molecule has 0 saturated carbocycles. The number of nitriles is 1. The van der Waals surface area contributed by atoms with Gasteiger partial charge < -0.3 is 9.64 Å². The van der Waals surface area contributed by atoms with Crippen LogP contribution in [0.15, 0.2) is 24.3 Å². The Hall–Kier alpha value is -1.97. The summed E-state index contributed by atoms with van der Waals surface area (Å²) in [6.45, 7) is 4.10. The highest BCUT2D eigenvalue weighted by Gasteiger charge is 2.30. The van der Waals surface area contributed by atoms with Crippen LogP contribution in [0.5, 0.6) is 0 Å². The fraction of sp³-hybridized carbons (Fsp3) is 0.529. The number of hydrogen-bond donors (Lipinski definition) is 0. The molecule has 5 nitrogen and oxygen atoms in total. The van der Waals surface area contributed by atoms with Crippen LogP contribution in [0.4, 0.5) is 4.39 Å². The Bertz CT molecular complexity index is 570. The SMILES string of the molecule is CC(C(=O)N(C)CCC#N)N1CCOC(c2ccc(F)cc2)C1. The van der Waals surface area contributed by atoms with Gasteiger partial charge in [-0.25, -0.2) is 4.39 Å². The van der Waals surface area contributed by atoms with Crippen molar-refractivity contribution in [3.05, 3.63) is 35.6 Å². The number of benzene rings is 1. The number of likely N-dealkylation sites (N-methyl/N-ethyl adjacent to an activating group) is 1. The van der Waals surface area contributed by atoms with Crippen molar-refractivity contribution in [1.82, 2.24) is 9.80 Å². The molecule has 124 valence electrons. The zero-order chi connectivity index (χ0) is 16.8. The van der Waals surface area contributed by atoms with Gasteiger partial charge in [0.25, 0.3) is 0 Å². The number of nitrogens with zero attached hydrogens (tertiary/aromatic N) is 3. The summed E-state index contributed by atoms with van der Waals surface area (Å²) in [7, 11) is 1.72. The van der Waals surface area contributed by atoms with Gasteiger partial charge in [0.2, 0.25) is 5.91 Å². The fourth-order valence-corrected chi connectivity index (χ4v) is 2.70. The van der Waals surface area contributed by atoms with Crippen molar-refractivity contribution in [2.45, 2.75) is 25.5 Å². The van der Waals surface area contributed by atoms with Crippen molar-refractivity contribution < 1.29 is 13.9 Å². The Morgan fingerprint density at radius 1 is 1.52 bits per heavy atom. The van der Waals surface area contributed by atoms with E-state index in [4.69, 9.17) is 10.00 Å². The van der Waals surface area contributed by atoms with Crippen LogP contribution in [0.2, 0.25) is 0 Å². The van der Waals surface area contributed by atoms with E-state index in [1.54, 1.807) is 24.1 Å². The Balaban J connectivity index is 1.98. The van der Waals surface area contributed by atoms with Gasteiger partial charge in [0.1, 0.15) is 5.82 Å². The zero-order valence-electron chi connectivity index (χ0n) is 13.5. The van der Waals surface area contributed by atoms with Crippen LogP contribution in [-0.4, -0.2) is 55.0 Å². The van der Waals surface area contributed by atoms with Crippen molar-refractivity contribution in [1.29, 1.82) is 5.26 Å². The molecule has 1 saturated heterocycles. The molecular formula is C17H22FN3O2. The van der Waals surface area contributed by atoms with Crippen LogP contribution >= 0.6 is 0 Å². The van der Waals surface area contributed by atoms with Gasteiger partial charge in [-0.15, -0.1) is 0 Å². The molecule has 6 heteroatoms. The minimum Gasteiger partial charge on any atom is -0.371 e. The topological polar surface area (TPSA) is 56.6 Å². The van der Waals surface area contributed by atoms with Crippen molar-refractivity contribution >= 4 is 5.91 Å². The molecule has 0 bridgehead atoms. The highest BCUT2D eigenvalue weighted by molar-refractivity contribution is 5.81. The van der Waals surface area contributed by atoms with E-state index in [1.165, 1.54) is 12.1 Å². The number of halogens is 1. The molecule has 0 aliphatic carbocycles. The van der Waals surface area contributed by atoms with E-state index >= 15 is 0 Å². The molecule has 1 heterocycles. The molecule has 1 aromatic rings. The van der Waals surface area contributed by atoms with Gasteiger partial charge in [-0.1, -0.05) is 12.1 Å². The molecular weight excluding hydrogens is 297 g/mol. The van der Waals surface area contributed by atoms with E-state index in [2.05, 4.69) is 4.90 Å². The Kier molecular flexibility index (Phi) is 6.08. The predicted octanol–water partition coefficient (Wildman–Crippen LogP) is 1.96. The smallest absolute Gasteiger partial charge is 0.239 e. The van der Waals surface area contributed by atoms with Crippen LogP contribution in [0, 0.1) is 17.1 Å². The minimum absolute atomic E-state index is 0.00000567. The maximum Gasteiger partial charge on any atom is 0.239 e. The highest BCUT2D eigenvalue weighted by Crippen LogP contribution is 2.24. The Morgan fingerprint density at radius 3 is 2.87 bits per heavy atom. The Labute approximate surface area is 136 Å². The summed E-state index contributed by atoms with van der Waals surface area (Å²) in [6.07, 6.45) is 0.167. The number of morpholine rings is 1. The van der Waals surface area contributed by atoms with Gasteiger partial charge in [-0.3, -0.25) is 9.69 Å². The van der Waals surface area contributed by atoms with Gasteiger partial charge in [-0.2, -0.15) is 5.26 Å². The fourth-order valence-electron chi connectivity index (χ4n) is 2.70. The quantitative estimate of drug-likeness (QED) is 0.832. The van der Waals surface area contributed by atoms with Crippen molar-refractivity contribution in [3.8, 4) is 6.07 Å². The van der Waals surface area contributed by atoms with Gasteiger partial charge in [0.15, 0.2) is 0 Å². The van der Waals surface area contributed by atoms with E-state index in [1.807, 2.05) is 13.0 Å². The molecule has 2 atom stereocenters. The summed E-state index contributed by atoms with van der Waals surface area (Å²) in [5.41, 5.74) is 0.911. The van der Waals surface area contributed by atoms with Gasteiger partial charge in [0.05, 0.1) is 31.2 Å². The molecule has 1 aliphatic rings. The number of carbonyl (C=O) groups excluding carboxylic acids is 1. The van der Waals surface area contributed by atoms with Crippen molar-refractivity contribution in [3.63, 3.8) is 0 Å². The Morgan fingerprint density at radius 2 is 2.22 bits per heavy atom. The second kappa shape index (κ2) is 8.04. The third-order valence-corrected chi connectivity index (χ3v) is 4.18. The molecule has 2 unspecified atom stereocenters. The maximum absolute atomic E-state index is 13.0. The van der Waals surface area contributed by atoms with E-state index in [0.717, 1.165) is 5.56 Å². The van der Waals surface area contributed by atoms with Crippen molar-refractivity contribution in [2.75, 3.05) is 33.3 Å². The molecule has 2 rings (SSSR count). The number of rotatable bonds is 5. The number of carbonyl (C=O) groups is 1. The molecule has 1 amide bonds. The second-order valence-corrected chi connectivity index (χ2v) is 5.75. The maximum atomic E-state index is 13.0. The third-order valence-electron chi connectivity index (χ3n) is 4.18. The molecule has 0 N–H and O–H groups in total. The van der Waals surface area contributed by atoms with E-state index < -0.39 is 0 Å². The lowest BCUT2D eigenvalue weighted by molar-refractivity contribution is -0.138. The lowest BCUT2D eigenvalue weighted by Crippen LogP contribution is -2.50. The van der Waals surface area contributed by atoms with E-state index in [-0.39, 0.29) is 23.9 Å². The van der Waals surface area contributed by atoms with Crippen molar-refractivity contribution in [2.24, 2.45) is 0 Å². The first kappa shape index (κ1) is 17.4. The average Bonchev–Trinajstić information content (AvgIpc) is 2.59. The standard InChI is InChI=1S/C17H22FN3O2/c1-13(17(22)20(2)9-3-8-19)21-10-11-23-16(12-21)14-4-6-15(18)7-5-14/h4-7,13,16H,3,9-12H2,1-2H3. The zero-order valence-corrected chi connectivity index (χ0v) is 13.5. The highest BCUT2D eigenvalue weighted by atomic mass is 19.1. The van der Waals surface area contributed by atoms with Crippen LogP contribution in [0.1, 0.15) is 25.0 Å².